The predicted molar refractivity (Wildman–Crippen MR) is 48.9 cm³/mol. The summed E-state index contributed by atoms with van der Waals surface area (Å²) in [5.74, 6) is 0.289. The molecular formula is C7H16N4O. The summed E-state index contributed by atoms with van der Waals surface area (Å²) < 4.78 is 0. The van der Waals surface area contributed by atoms with Crippen molar-refractivity contribution in [2.45, 2.75) is 6.92 Å². The van der Waals surface area contributed by atoms with Crippen LogP contribution in [0, 0.1) is 0 Å². The van der Waals surface area contributed by atoms with Crippen LogP contribution in [0.3, 0.4) is 0 Å². The highest BCUT2D eigenvalue weighted by molar-refractivity contribution is 5.85. The fourth-order valence-corrected chi connectivity index (χ4v) is 0.557. The van der Waals surface area contributed by atoms with Gasteiger partial charge in [0.25, 0.3) is 0 Å². The summed E-state index contributed by atoms with van der Waals surface area (Å²) in [5.41, 5.74) is 5.33. The van der Waals surface area contributed by atoms with Crippen LogP contribution in [0.5, 0.6) is 0 Å². The lowest BCUT2D eigenvalue weighted by atomic mass is 10.5. The molecule has 70 valence electrons. The molecule has 0 radical (unpaired) electrons. The third-order valence-electron chi connectivity index (χ3n) is 1.56. The molecule has 0 atom stereocenters. The summed E-state index contributed by atoms with van der Waals surface area (Å²) in [6, 6.07) is 0. The molecule has 3 N–H and O–H groups in total. The second-order valence-corrected chi connectivity index (χ2v) is 2.37. The van der Waals surface area contributed by atoms with Crippen LogP contribution in [0.15, 0.2) is 4.99 Å². The van der Waals surface area contributed by atoms with Gasteiger partial charge in [-0.15, -0.1) is 0 Å². The Kier molecular flexibility index (Phi) is 4.83. The third kappa shape index (κ3) is 3.80. The lowest BCUT2D eigenvalue weighted by Gasteiger charge is -2.14. The number of hydrogen-bond donors (Lipinski definition) is 2. The van der Waals surface area contributed by atoms with Crippen molar-refractivity contribution in [1.82, 2.24) is 10.2 Å². The SMILES string of the molecule is CCN(C)C(=O)CNC(N)=NC. The quantitative estimate of drug-likeness (QED) is 0.423. The first-order valence-corrected chi connectivity index (χ1v) is 3.81. The minimum Gasteiger partial charge on any atom is -0.370 e. The number of carbonyl (C=O) groups is 1. The van der Waals surface area contributed by atoms with E-state index in [0.717, 1.165) is 0 Å². The summed E-state index contributed by atoms with van der Waals surface area (Å²) >= 11 is 0. The van der Waals surface area contributed by atoms with Gasteiger partial charge in [-0.05, 0) is 6.92 Å². The van der Waals surface area contributed by atoms with E-state index in [4.69, 9.17) is 5.73 Å². The fourth-order valence-electron chi connectivity index (χ4n) is 0.557. The van der Waals surface area contributed by atoms with E-state index in [1.165, 1.54) is 0 Å². The fraction of sp³-hybridized carbons (Fsp3) is 0.714. The van der Waals surface area contributed by atoms with E-state index in [0.29, 0.717) is 6.54 Å². The number of guanidine groups is 1. The van der Waals surface area contributed by atoms with Crippen molar-refractivity contribution in [3.05, 3.63) is 0 Å². The van der Waals surface area contributed by atoms with Gasteiger partial charge in [0.2, 0.25) is 5.91 Å². The van der Waals surface area contributed by atoms with E-state index in [2.05, 4.69) is 10.3 Å². The zero-order chi connectivity index (χ0) is 9.56. The van der Waals surface area contributed by atoms with Gasteiger partial charge >= 0.3 is 0 Å². The van der Waals surface area contributed by atoms with E-state index in [1.54, 1.807) is 19.0 Å². The van der Waals surface area contributed by atoms with E-state index < -0.39 is 0 Å². The number of carbonyl (C=O) groups excluding carboxylic acids is 1. The van der Waals surface area contributed by atoms with E-state index in [9.17, 15) is 4.79 Å². The minimum absolute atomic E-state index is 0.00380. The first kappa shape index (κ1) is 10.7. The lowest BCUT2D eigenvalue weighted by molar-refractivity contribution is -0.128. The molecule has 0 aromatic rings. The van der Waals surface area contributed by atoms with E-state index in [-0.39, 0.29) is 18.4 Å². The molecule has 0 aromatic carbocycles. The number of hydrogen-bond acceptors (Lipinski definition) is 2. The highest BCUT2D eigenvalue weighted by Gasteiger charge is 2.05. The molecule has 12 heavy (non-hydrogen) atoms. The van der Waals surface area contributed by atoms with Crippen LogP contribution in [-0.2, 0) is 4.79 Å². The molecule has 0 rings (SSSR count). The second-order valence-electron chi connectivity index (χ2n) is 2.37. The monoisotopic (exact) mass is 172 g/mol. The smallest absolute Gasteiger partial charge is 0.241 e. The molecule has 0 aliphatic carbocycles. The van der Waals surface area contributed by atoms with Gasteiger partial charge in [-0.3, -0.25) is 9.79 Å². The molecule has 5 heteroatoms. The van der Waals surface area contributed by atoms with Gasteiger partial charge < -0.3 is 16.0 Å². The molecule has 0 aliphatic heterocycles. The molecular weight excluding hydrogens is 156 g/mol. The van der Waals surface area contributed by atoms with Gasteiger partial charge in [0.15, 0.2) is 5.96 Å². The maximum Gasteiger partial charge on any atom is 0.241 e. The number of nitrogens with one attached hydrogen (secondary N) is 1. The topological polar surface area (TPSA) is 70.7 Å². The van der Waals surface area contributed by atoms with Gasteiger partial charge in [-0.25, -0.2) is 0 Å². The van der Waals surface area contributed by atoms with Crippen LogP contribution < -0.4 is 11.1 Å². The maximum atomic E-state index is 11.1. The molecule has 0 fully saturated rings. The van der Waals surface area contributed by atoms with Crippen LogP contribution >= 0.6 is 0 Å². The summed E-state index contributed by atoms with van der Waals surface area (Å²) in [7, 11) is 3.31. The molecule has 0 heterocycles. The van der Waals surface area contributed by atoms with Crippen LogP contribution in [0.1, 0.15) is 6.92 Å². The number of nitrogens with two attached hydrogens (primary N) is 1. The molecule has 0 aromatic heterocycles. The standard InChI is InChI=1S/C7H16N4O/c1-4-11(3)6(12)5-10-7(8)9-2/h4-5H2,1-3H3,(H3,8,9,10). The molecule has 0 saturated carbocycles. The van der Waals surface area contributed by atoms with Gasteiger partial charge in [0.05, 0.1) is 6.54 Å². The van der Waals surface area contributed by atoms with E-state index >= 15 is 0 Å². The number of amides is 1. The molecule has 1 amide bonds. The molecule has 0 spiro atoms. The summed E-state index contributed by atoms with van der Waals surface area (Å²) in [5, 5.41) is 2.68. The highest BCUT2D eigenvalue weighted by Crippen LogP contribution is 1.80. The molecule has 5 nitrogen and oxygen atoms in total. The number of nitrogens with zero attached hydrogens (tertiary/aromatic N) is 2. The van der Waals surface area contributed by atoms with Gasteiger partial charge in [-0.2, -0.15) is 0 Å². The zero-order valence-corrected chi connectivity index (χ0v) is 7.79. The Morgan fingerprint density at radius 2 is 2.25 bits per heavy atom. The van der Waals surface area contributed by atoms with Crippen LogP contribution in [0.25, 0.3) is 0 Å². The summed E-state index contributed by atoms with van der Waals surface area (Å²) in [4.78, 5) is 16.4. The Labute approximate surface area is 72.6 Å². The third-order valence-corrected chi connectivity index (χ3v) is 1.56. The minimum atomic E-state index is 0.00380. The molecule has 0 unspecified atom stereocenters. The van der Waals surface area contributed by atoms with Crippen molar-refractivity contribution in [3.63, 3.8) is 0 Å². The van der Waals surface area contributed by atoms with Crippen LogP contribution in [-0.4, -0.2) is 44.0 Å². The van der Waals surface area contributed by atoms with Gasteiger partial charge in [0.1, 0.15) is 0 Å². The summed E-state index contributed by atoms with van der Waals surface area (Å²) in [6.45, 7) is 2.81. The Hall–Kier alpha value is -1.26. The van der Waals surface area contributed by atoms with Crippen molar-refractivity contribution in [2.75, 3.05) is 27.2 Å². The number of rotatable bonds is 3. The Morgan fingerprint density at radius 1 is 1.67 bits per heavy atom. The van der Waals surface area contributed by atoms with Crippen molar-refractivity contribution in [3.8, 4) is 0 Å². The van der Waals surface area contributed by atoms with Crippen molar-refractivity contribution in [2.24, 2.45) is 10.7 Å². The zero-order valence-electron chi connectivity index (χ0n) is 7.79. The van der Waals surface area contributed by atoms with E-state index in [1.807, 2.05) is 6.92 Å². The van der Waals surface area contributed by atoms with Crippen molar-refractivity contribution in [1.29, 1.82) is 0 Å². The van der Waals surface area contributed by atoms with Crippen molar-refractivity contribution < 1.29 is 4.79 Å². The number of aliphatic imine (C=N–C) groups is 1. The van der Waals surface area contributed by atoms with Crippen molar-refractivity contribution >= 4 is 11.9 Å². The molecule has 0 bridgehead atoms. The Bertz CT molecular complexity index is 178. The first-order chi connectivity index (χ1) is 5.61. The Morgan fingerprint density at radius 3 is 2.67 bits per heavy atom. The Balaban J connectivity index is 3.72. The second kappa shape index (κ2) is 5.40. The predicted octanol–water partition coefficient (Wildman–Crippen LogP) is -1.00. The molecule has 0 saturated heterocycles. The first-order valence-electron chi connectivity index (χ1n) is 3.81. The highest BCUT2D eigenvalue weighted by atomic mass is 16.2. The average molecular weight is 172 g/mol. The lowest BCUT2D eigenvalue weighted by Crippen LogP contribution is -2.41. The average Bonchev–Trinajstić information content (AvgIpc) is 2.11. The van der Waals surface area contributed by atoms with Gasteiger partial charge in [-0.1, -0.05) is 0 Å². The van der Waals surface area contributed by atoms with Crippen LogP contribution in [0.4, 0.5) is 0 Å². The largest absolute Gasteiger partial charge is 0.370 e. The summed E-state index contributed by atoms with van der Waals surface area (Å²) in [6.07, 6.45) is 0. The van der Waals surface area contributed by atoms with Gasteiger partial charge in [0, 0.05) is 20.6 Å². The molecule has 0 aliphatic rings. The van der Waals surface area contributed by atoms with Crippen LogP contribution in [0.2, 0.25) is 0 Å². The number of likely N-dealkylation sites (N-methyl/N-ethyl adjacent to an activating group) is 1. The maximum absolute atomic E-state index is 11.1. The normalized spacial score (nSPS) is 11.1.